The molecule has 1 saturated heterocycles. The molecule has 1 fully saturated rings. The number of piperidine rings is 1. The number of benzene rings is 2. The molecule has 1 aromatic heterocycles. The Bertz CT molecular complexity index is 1400. The number of rotatable bonds is 4. The molecule has 3 aromatic rings. The van der Waals surface area contributed by atoms with E-state index in [-0.39, 0.29) is 30.6 Å². The summed E-state index contributed by atoms with van der Waals surface area (Å²) in [6, 6.07) is 10.8. The topological polar surface area (TPSA) is 124 Å². The first-order chi connectivity index (χ1) is 20.3. The lowest BCUT2D eigenvalue weighted by atomic mass is 10.0. The Labute approximate surface area is 245 Å². The summed E-state index contributed by atoms with van der Waals surface area (Å²) in [6.45, 7) is 5.98. The van der Waals surface area contributed by atoms with Gasteiger partial charge in [0.25, 0.3) is 5.91 Å². The molecule has 2 atom stereocenters. The Morgan fingerprint density at radius 2 is 1.86 bits per heavy atom. The lowest BCUT2D eigenvalue weighted by molar-refractivity contribution is -0.125. The molecule has 2 N–H and O–H groups in total. The largest absolute Gasteiger partial charge is 0.496 e. The van der Waals surface area contributed by atoms with Crippen LogP contribution in [0.1, 0.15) is 41.0 Å². The molecule has 6 rings (SSSR count). The van der Waals surface area contributed by atoms with Crippen LogP contribution in [0.4, 0.5) is 0 Å². The first kappa shape index (κ1) is 29.2. The SMILES string of the molecule is COc1cc2ccc1CNC(=O)CCc1ccc(OC)c(c1)OCC(=O)N[C@@H]1CN(Cc3c(C)noc3C)CC[C@@H]1O2. The molecule has 0 aliphatic carbocycles. The summed E-state index contributed by atoms with van der Waals surface area (Å²) in [5, 5.41) is 10.2. The van der Waals surface area contributed by atoms with Gasteiger partial charge >= 0.3 is 0 Å². The van der Waals surface area contributed by atoms with E-state index in [0.717, 1.165) is 34.7 Å². The Hall–Kier alpha value is -4.25. The fraction of sp³-hybridized carbons (Fsp3) is 0.452. The number of amides is 2. The summed E-state index contributed by atoms with van der Waals surface area (Å²) in [6.07, 6.45) is 1.20. The number of nitrogens with zero attached hydrogens (tertiary/aromatic N) is 2. The molecule has 3 aliphatic heterocycles. The van der Waals surface area contributed by atoms with Crippen LogP contribution in [-0.4, -0.2) is 67.9 Å². The molecule has 42 heavy (non-hydrogen) atoms. The summed E-state index contributed by atoms with van der Waals surface area (Å²) in [7, 11) is 3.14. The predicted octanol–water partition coefficient (Wildman–Crippen LogP) is 3.09. The number of aryl methyl sites for hydroxylation is 3. The Kier molecular flexibility index (Phi) is 9.16. The molecule has 0 saturated carbocycles. The van der Waals surface area contributed by atoms with Gasteiger partial charge in [0, 0.05) is 49.8 Å². The second-order valence-corrected chi connectivity index (χ2v) is 10.7. The van der Waals surface area contributed by atoms with Crippen LogP contribution in [0, 0.1) is 13.8 Å². The molecule has 4 bridgehead atoms. The Morgan fingerprint density at radius 1 is 1.02 bits per heavy atom. The molecule has 11 nitrogen and oxygen atoms in total. The van der Waals surface area contributed by atoms with Crippen LogP contribution >= 0.6 is 0 Å². The van der Waals surface area contributed by atoms with Crippen molar-refractivity contribution >= 4 is 11.8 Å². The van der Waals surface area contributed by atoms with Gasteiger partial charge < -0.3 is 34.1 Å². The molecule has 0 spiro atoms. The monoisotopic (exact) mass is 578 g/mol. The molecule has 3 aliphatic rings. The number of ether oxygens (including phenoxy) is 4. The van der Waals surface area contributed by atoms with Crippen molar-refractivity contribution in [3.8, 4) is 23.0 Å². The first-order valence-corrected chi connectivity index (χ1v) is 14.2. The van der Waals surface area contributed by atoms with E-state index in [1.165, 1.54) is 0 Å². The van der Waals surface area contributed by atoms with Crippen molar-refractivity contribution in [2.45, 2.75) is 58.3 Å². The summed E-state index contributed by atoms with van der Waals surface area (Å²) in [5.74, 6) is 2.64. The average molecular weight is 579 g/mol. The molecule has 224 valence electrons. The summed E-state index contributed by atoms with van der Waals surface area (Å²) >= 11 is 0. The van der Waals surface area contributed by atoms with Gasteiger partial charge in [0.05, 0.1) is 26.0 Å². The van der Waals surface area contributed by atoms with Crippen molar-refractivity contribution < 1.29 is 33.1 Å². The Morgan fingerprint density at radius 3 is 2.62 bits per heavy atom. The number of hydrogen-bond acceptors (Lipinski definition) is 9. The third kappa shape index (κ3) is 6.96. The number of likely N-dealkylation sites (tertiary alicyclic amines) is 1. The van der Waals surface area contributed by atoms with Crippen molar-refractivity contribution in [2.24, 2.45) is 0 Å². The van der Waals surface area contributed by atoms with Crippen molar-refractivity contribution in [2.75, 3.05) is 33.9 Å². The van der Waals surface area contributed by atoms with Crippen LogP contribution in [0.2, 0.25) is 0 Å². The fourth-order valence-electron chi connectivity index (χ4n) is 5.41. The molecule has 0 unspecified atom stereocenters. The van der Waals surface area contributed by atoms with E-state index in [0.29, 0.717) is 61.9 Å². The van der Waals surface area contributed by atoms with Crippen LogP contribution in [0.5, 0.6) is 23.0 Å². The quantitative estimate of drug-likeness (QED) is 0.481. The number of carbonyl (C=O) groups excluding carboxylic acids is 2. The maximum absolute atomic E-state index is 13.2. The minimum Gasteiger partial charge on any atom is -0.496 e. The van der Waals surface area contributed by atoms with Gasteiger partial charge in [-0.3, -0.25) is 14.5 Å². The van der Waals surface area contributed by atoms with Crippen LogP contribution in [0.25, 0.3) is 0 Å². The van der Waals surface area contributed by atoms with Crippen LogP contribution < -0.4 is 29.6 Å². The number of fused-ring (bicyclic) bond motifs is 9. The van der Waals surface area contributed by atoms with Crippen LogP contribution in [-0.2, 0) is 29.1 Å². The summed E-state index contributed by atoms with van der Waals surface area (Å²) < 4.78 is 28.8. The van der Waals surface area contributed by atoms with Gasteiger partial charge in [-0.1, -0.05) is 11.2 Å². The lowest BCUT2D eigenvalue weighted by Crippen LogP contribution is -2.57. The zero-order valence-corrected chi connectivity index (χ0v) is 24.5. The van der Waals surface area contributed by atoms with Crippen molar-refractivity contribution in [3.63, 3.8) is 0 Å². The smallest absolute Gasteiger partial charge is 0.258 e. The number of nitrogens with one attached hydrogen (secondary N) is 2. The van der Waals surface area contributed by atoms with Gasteiger partial charge in [0.1, 0.15) is 23.4 Å². The second kappa shape index (κ2) is 13.2. The highest BCUT2D eigenvalue weighted by Crippen LogP contribution is 2.30. The summed E-state index contributed by atoms with van der Waals surface area (Å²) in [5.41, 5.74) is 3.66. The first-order valence-electron chi connectivity index (χ1n) is 14.2. The summed E-state index contributed by atoms with van der Waals surface area (Å²) in [4.78, 5) is 28.1. The minimum absolute atomic E-state index is 0.0841. The van der Waals surface area contributed by atoms with Crippen LogP contribution in [0.3, 0.4) is 0 Å². The third-order valence-electron chi connectivity index (χ3n) is 7.79. The number of hydrogen-bond donors (Lipinski definition) is 2. The molecular weight excluding hydrogens is 540 g/mol. The van der Waals surface area contributed by atoms with Gasteiger partial charge in [0.15, 0.2) is 18.1 Å². The third-order valence-corrected chi connectivity index (χ3v) is 7.79. The zero-order valence-electron chi connectivity index (χ0n) is 24.5. The van der Waals surface area contributed by atoms with Crippen molar-refractivity contribution in [1.82, 2.24) is 20.7 Å². The number of methoxy groups -OCH3 is 2. The van der Waals surface area contributed by atoms with E-state index < -0.39 is 0 Å². The molecular formula is C31H38N4O7. The highest BCUT2D eigenvalue weighted by atomic mass is 16.5. The van der Waals surface area contributed by atoms with Gasteiger partial charge in [-0.05, 0) is 56.5 Å². The standard InChI is InChI=1S/C31H38N4O7/c1-19-24(20(2)42-34-19)16-35-12-11-26-25(17-35)33-31(37)18-40-29-13-21(5-9-27(29)38-3)6-10-30(36)32-15-22-7-8-23(41-26)14-28(22)39-4/h5,7-9,13-14,25-26H,6,10-12,15-18H2,1-4H3,(H,32,36)(H,33,37)/t25-,26+/m1/s1. The zero-order chi connectivity index (χ0) is 29.6. The van der Waals surface area contributed by atoms with Crippen LogP contribution in [0.15, 0.2) is 40.9 Å². The minimum atomic E-state index is -0.310. The molecule has 11 heteroatoms. The molecule has 4 heterocycles. The second-order valence-electron chi connectivity index (χ2n) is 10.7. The lowest BCUT2D eigenvalue weighted by Gasteiger charge is -2.38. The fourth-order valence-corrected chi connectivity index (χ4v) is 5.41. The van der Waals surface area contributed by atoms with Gasteiger partial charge in [0.2, 0.25) is 5.91 Å². The van der Waals surface area contributed by atoms with E-state index in [1.807, 2.05) is 44.2 Å². The normalized spacial score (nSPS) is 20.1. The number of aromatic nitrogens is 1. The molecule has 2 aromatic carbocycles. The molecule has 2 amide bonds. The van der Waals surface area contributed by atoms with E-state index in [1.54, 1.807) is 20.3 Å². The maximum Gasteiger partial charge on any atom is 0.258 e. The maximum atomic E-state index is 13.2. The van der Waals surface area contributed by atoms with Gasteiger partial charge in [-0.2, -0.15) is 0 Å². The highest BCUT2D eigenvalue weighted by Gasteiger charge is 2.33. The van der Waals surface area contributed by atoms with Gasteiger partial charge in [-0.25, -0.2) is 0 Å². The van der Waals surface area contributed by atoms with E-state index >= 15 is 0 Å². The predicted molar refractivity (Wildman–Crippen MR) is 154 cm³/mol. The Balaban J connectivity index is 1.41. The number of carbonyl (C=O) groups is 2. The highest BCUT2D eigenvalue weighted by molar-refractivity contribution is 5.78. The molecule has 0 radical (unpaired) electrons. The van der Waals surface area contributed by atoms with Crippen molar-refractivity contribution in [3.05, 3.63) is 64.5 Å². The van der Waals surface area contributed by atoms with Crippen molar-refractivity contribution in [1.29, 1.82) is 0 Å². The average Bonchev–Trinajstić information content (AvgIpc) is 3.31. The van der Waals surface area contributed by atoms with E-state index in [2.05, 4.69) is 20.7 Å². The van der Waals surface area contributed by atoms with Gasteiger partial charge in [-0.15, -0.1) is 0 Å². The van der Waals surface area contributed by atoms with E-state index in [9.17, 15) is 9.59 Å². The van der Waals surface area contributed by atoms with E-state index in [4.69, 9.17) is 23.5 Å².